The average Bonchev–Trinajstić information content (AvgIpc) is 2.51. The highest BCUT2D eigenvalue weighted by atomic mass is 14.9. The fourth-order valence-corrected chi connectivity index (χ4v) is 3.03. The van der Waals surface area contributed by atoms with Gasteiger partial charge in [-0.2, -0.15) is 0 Å². The maximum Gasteiger partial charge on any atom is 0.0389 e. The van der Waals surface area contributed by atoms with E-state index in [0.717, 1.165) is 13.0 Å². The van der Waals surface area contributed by atoms with Crippen molar-refractivity contribution in [2.75, 3.05) is 6.54 Å². The van der Waals surface area contributed by atoms with Gasteiger partial charge in [-0.15, -0.1) is 0 Å². The molecule has 2 aromatic carbocycles. The zero-order valence-electron chi connectivity index (χ0n) is 13.7. The molecule has 2 atom stereocenters. The largest absolute Gasteiger partial charge is 0.310 e. The monoisotopic (exact) mass is 281 g/mol. The number of hydrogen-bond donors (Lipinski definition) is 1. The van der Waals surface area contributed by atoms with E-state index in [2.05, 4.69) is 81.5 Å². The maximum atomic E-state index is 3.70. The Kier molecular flexibility index (Phi) is 5.58. The van der Waals surface area contributed by atoms with Crippen LogP contribution in [0.4, 0.5) is 0 Å². The van der Waals surface area contributed by atoms with E-state index in [1.54, 1.807) is 0 Å². The van der Waals surface area contributed by atoms with Gasteiger partial charge < -0.3 is 5.32 Å². The fourth-order valence-electron chi connectivity index (χ4n) is 3.03. The van der Waals surface area contributed by atoms with E-state index in [1.807, 2.05) is 0 Å². The summed E-state index contributed by atoms with van der Waals surface area (Å²) < 4.78 is 0. The van der Waals surface area contributed by atoms with Crippen molar-refractivity contribution in [3.63, 3.8) is 0 Å². The van der Waals surface area contributed by atoms with Gasteiger partial charge in [0, 0.05) is 12.0 Å². The number of benzene rings is 2. The minimum Gasteiger partial charge on any atom is -0.310 e. The van der Waals surface area contributed by atoms with Crippen LogP contribution < -0.4 is 5.32 Å². The summed E-state index contributed by atoms with van der Waals surface area (Å²) >= 11 is 0. The van der Waals surface area contributed by atoms with E-state index in [0.29, 0.717) is 12.0 Å². The second-order valence-corrected chi connectivity index (χ2v) is 5.80. The lowest BCUT2D eigenvalue weighted by Crippen LogP contribution is -2.27. The van der Waals surface area contributed by atoms with Crippen LogP contribution in [0.5, 0.6) is 0 Å². The van der Waals surface area contributed by atoms with Crippen LogP contribution in [0.2, 0.25) is 0 Å². The summed E-state index contributed by atoms with van der Waals surface area (Å²) in [7, 11) is 0. The average molecular weight is 281 g/mol. The van der Waals surface area contributed by atoms with Crippen LogP contribution in [-0.4, -0.2) is 6.54 Å². The summed E-state index contributed by atoms with van der Waals surface area (Å²) in [4.78, 5) is 0. The molecule has 2 aromatic rings. The van der Waals surface area contributed by atoms with Crippen LogP contribution >= 0.6 is 0 Å². The number of hydrogen-bond acceptors (Lipinski definition) is 1. The topological polar surface area (TPSA) is 12.0 Å². The first-order valence-corrected chi connectivity index (χ1v) is 8.02. The second kappa shape index (κ2) is 7.42. The zero-order chi connectivity index (χ0) is 15.2. The van der Waals surface area contributed by atoms with Crippen molar-refractivity contribution in [3.8, 4) is 0 Å². The zero-order valence-corrected chi connectivity index (χ0v) is 13.7. The molecule has 1 N–H and O–H groups in total. The number of nitrogens with one attached hydrogen (secondary N) is 1. The highest BCUT2D eigenvalue weighted by Gasteiger charge is 2.22. The molecule has 1 nitrogen and oxygen atoms in total. The Morgan fingerprint density at radius 3 is 2.14 bits per heavy atom. The molecule has 0 saturated carbocycles. The first-order chi connectivity index (χ1) is 10.2. The maximum absolute atomic E-state index is 3.70. The van der Waals surface area contributed by atoms with Gasteiger partial charge in [0.2, 0.25) is 0 Å². The fraction of sp³-hybridized carbons (Fsp3) is 0.400. The quantitative estimate of drug-likeness (QED) is 0.772. The van der Waals surface area contributed by atoms with Crippen molar-refractivity contribution in [2.45, 2.75) is 46.1 Å². The van der Waals surface area contributed by atoms with E-state index in [-0.39, 0.29) is 0 Å². The molecule has 0 radical (unpaired) electrons. The summed E-state index contributed by atoms with van der Waals surface area (Å²) in [5.74, 6) is 0.508. The van der Waals surface area contributed by atoms with Gasteiger partial charge in [-0.3, -0.25) is 0 Å². The molecule has 0 bridgehead atoms. The molecule has 112 valence electrons. The van der Waals surface area contributed by atoms with Gasteiger partial charge in [-0.1, -0.05) is 62.4 Å². The summed E-state index contributed by atoms with van der Waals surface area (Å²) in [6.45, 7) is 9.83. The Balaban J connectivity index is 2.38. The van der Waals surface area contributed by atoms with Crippen molar-refractivity contribution >= 4 is 0 Å². The van der Waals surface area contributed by atoms with Crippen molar-refractivity contribution < 1.29 is 0 Å². The molecule has 2 rings (SSSR count). The van der Waals surface area contributed by atoms with Crippen LogP contribution in [0.25, 0.3) is 0 Å². The minimum atomic E-state index is 0.377. The third-order valence-electron chi connectivity index (χ3n) is 4.38. The van der Waals surface area contributed by atoms with E-state index in [1.165, 1.54) is 22.3 Å². The Hall–Kier alpha value is -1.60. The molecule has 0 saturated heterocycles. The number of rotatable bonds is 6. The van der Waals surface area contributed by atoms with Crippen molar-refractivity contribution in [1.29, 1.82) is 0 Å². The highest BCUT2D eigenvalue weighted by molar-refractivity contribution is 5.34. The van der Waals surface area contributed by atoms with Crippen molar-refractivity contribution in [1.82, 2.24) is 5.32 Å². The van der Waals surface area contributed by atoms with Gasteiger partial charge in [-0.05, 0) is 49.1 Å². The number of likely N-dealkylation sites (N-methyl/N-ethyl adjacent to an activating group) is 1. The van der Waals surface area contributed by atoms with Gasteiger partial charge >= 0.3 is 0 Å². The molecule has 0 aliphatic carbocycles. The molecule has 0 fully saturated rings. The van der Waals surface area contributed by atoms with E-state index in [9.17, 15) is 0 Å². The van der Waals surface area contributed by atoms with Gasteiger partial charge in [0.25, 0.3) is 0 Å². The summed E-state index contributed by atoms with van der Waals surface area (Å²) in [6.07, 6.45) is 1.13. The van der Waals surface area contributed by atoms with Crippen LogP contribution in [0.1, 0.15) is 54.5 Å². The lowest BCUT2D eigenvalue weighted by atomic mass is 9.84. The molecule has 0 amide bonds. The Bertz CT molecular complexity index is 559. The smallest absolute Gasteiger partial charge is 0.0389 e. The molecular formula is C20H27N. The van der Waals surface area contributed by atoms with Crippen LogP contribution in [-0.2, 0) is 0 Å². The Morgan fingerprint density at radius 1 is 0.857 bits per heavy atom. The molecule has 0 aliphatic rings. The van der Waals surface area contributed by atoms with Crippen molar-refractivity contribution in [2.24, 2.45) is 0 Å². The molecule has 0 spiro atoms. The molecule has 0 aromatic heterocycles. The Labute approximate surface area is 129 Å². The molecule has 21 heavy (non-hydrogen) atoms. The first-order valence-electron chi connectivity index (χ1n) is 8.02. The molecular weight excluding hydrogens is 254 g/mol. The third kappa shape index (κ3) is 3.74. The molecule has 2 unspecified atom stereocenters. The normalized spacial score (nSPS) is 13.9. The second-order valence-electron chi connectivity index (χ2n) is 5.80. The predicted octanol–water partition coefficient (Wildman–Crippen LogP) is 5.15. The molecule has 0 aliphatic heterocycles. The van der Waals surface area contributed by atoms with Gasteiger partial charge in [0.15, 0.2) is 0 Å². The van der Waals surface area contributed by atoms with Gasteiger partial charge in [0.1, 0.15) is 0 Å². The van der Waals surface area contributed by atoms with Gasteiger partial charge in [0.05, 0.1) is 0 Å². The third-order valence-corrected chi connectivity index (χ3v) is 4.38. The van der Waals surface area contributed by atoms with E-state index < -0.39 is 0 Å². The molecule has 1 heteroatoms. The SMILES string of the molecule is CCNC(c1ccc(C)c(C)c1)C(CC)c1ccccc1. The summed E-state index contributed by atoms with van der Waals surface area (Å²) in [5, 5.41) is 3.70. The standard InChI is InChI=1S/C20H27N/c1-5-19(17-10-8-7-9-11-17)20(21-6-2)18-13-12-15(3)16(4)14-18/h7-14,19-21H,5-6H2,1-4H3. The highest BCUT2D eigenvalue weighted by Crippen LogP contribution is 2.34. The van der Waals surface area contributed by atoms with Crippen LogP contribution in [0, 0.1) is 13.8 Å². The Morgan fingerprint density at radius 2 is 1.57 bits per heavy atom. The molecule has 0 heterocycles. The summed E-state index contributed by atoms with van der Waals surface area (Å²) in [5.41, 5.74) is 5.56. The predicted molar refractivity (Wildman–Crippen MR) is 91.8 cm³/mol. The van der Waals surface area contributed by atoms with E-state index >= 15 is 0 Å². The van der Waals surface area contributed by atoms with E-state index in [4.69, 9.17) is 0 Å². The lowest BCUT2D eigenvalue weighted by Gasteiger charge is -2.28. The lowest BCUT2D eigenvalue weighted by molar-refractivity contribution is 0.445. The van der Waals surface area contributed by atoms with Crippen LogP contribution in [0.15, 0.2) is 48.5 Å². The first kappa shape index (κ1) is 15.8. The minimum absolute atomic E-state index is 0.377. The number of aryl methyl sites for hydroxylation is 2. The summed E-state index contributed by atoms with van der Waals surface area (Å²) in [6, 6.07) is 18.1. The van der Waals surface area contributed by atoms with Crippen molar-refractivity contribution in [3.05, 3.63) is 70.8 Å². The van der Waals surface area contributed by atoms with Crippen LogP contribution in [0.3, 0.4) is 0 Å². The van der Waals surface area contributed by atoms with Gasteiger partial charge in [-0.25, -0.2) is 0 Å².